The summed E-state index contributed by atoms with van der Waals surface area (Å²) in [6.45, 7) is 5.45. The number of carbonyl (C=O) groups is 2. The SMILES string of the molecule is CCOC(=O)c1noc2ncn([C@@H](CC)C(=O)Nc3cccc(C)c3)c(=O)c12. The number of nitrogens with one attached hydrogen (secondary N) is 1. The molecular weight excluding hydrogens is 364 g/mol. The first-order valence-corrected chi connectivity index (χ1v) is 8.87. The minimum atomic E-state index is -0.824. The standard InChI is InChI=1S/C19H20N4O5/c1-4-13(16(24)21-12-8-6-7-11(3)9-12)23-10-20-17-14(18(23)25)15(22-28-17)19(26)27-5-2/h6-10,13H,4-5H2,1-3H3,(H,21,24)/t13-/m0/s1. The Morgan fingerprint density at radius 2 is 2.11 bits per heavy atom. The van der Waals surface area contributed by atoms with Crippen LogP contribution in [0.25, 0.3) is 11.1 Å². The molecule has 3 rings (SSSR count). The highest BCUT2D eigenvalue weighted by atomic mass is 16.5. The molecule has 0 aliphatic carbocycles. The Balaban J connectivity index is 1.99. The highest BCUT2D eigenvalue weighted by molar-refractivity contribution is 6.00. The zero-order valence-corrected chi connectivity index (χ0v) is 15.8. The largest absolute Gasteiger partial charge is 0.461 e. The van der Waals surface area contributed by atoms with E-state index in [1.54, 1.807) is 19.9 Å². The number of esters is 1. The number of aromatic nitrogens is 3. The van der Waals surface area contributed by atoms with E-state index in [4.69, 9.17) is 9.26 Å². The fourth-order valence-corrected chi connectivity index (χ4v) is 2.88. The summed E-state index contributed by atoms with van der Waals surface area (Å²) in [4.78, 5) is 41.8. The average molecular weight is 384 g/mol. The summed E-state index contributed by atoms with van der Waals surface area (Å²) in [6.07, 6.45) is 1.56. The lowest BCUT2D eigenvalue weighted by Crippen LogP contribution is -2.33. The Hall–Kier alpha value is -3.49. The molecule has 0 aliphatic heterocycles. The van der Waals surface area contributed by atoms with Crippen LogP contribution >= 0.6 is 0 Å². The smallest absolute Gasteiger partial charge is 0.361 e. The molecule has 0 spiro atoms. The van der Waals surface area contributed by atoms with Crippen LogP contribution < -0.4 is 10.9 Å². The third kappa shape index (κ3) is 3.64. The van der Waals surface area contributed by atoms with Gasteiger partial charge in [-0.1, -0.05) is 24.2 Å². The maximum Gasteiger partial charge on any atom is 0.361 e. The molecule has 3 aromatic rings. The van der Waals surface area contributed by atoms with Gasteiger partial charge < -0.3 is 14.6 Å². The second-order valence-electron chi connectivity index (χ2n) is 6.17. The summed E-state index contributed by atoms with van der Waals surface area (Å²) in [5, 5.41) is 6.29. The summed E-state index contributed by atoms with van der Waals surface area (Å²) in [5.74, 6) is -1.15. The number of nitrogens with zero attached hydrogens (tertiary/aromatic N) is 3. The van der Waals surface area contributed by atoms with E-state index >= 15 is 0 Å². The number of benzene rings is 1. The number of carbonyl (C=O) groups excluding carboxylic acids is 2. The summed E-state index contributed by atoms with van der Waals surface area (Å²) in [7, 11) is 0. The van der Waals surface area contributed by atoms with Crippen molar-refractivity contribution < 1.29 is 18.8 Å². The van der Waals surface area contributed by atoms with E-state index in [0.717, 1.165) is 5.56 Å². The lowest BCUT2D eigenvalue weighted by Gasteiger charge is -2.17. The van der Waals surface area contributed by atoms with Gasteiger partial charge in [0.2, 0.25) is 11.6 Å². The van der Waals surface area contributed by atoms with Gasteiger partial charge in [0.05, 0.1) is 6.61 Å². The molecule has 0 saturated heterocycles. The van der Waals surface area contributed by atoms with E-state index in [1.165, 1.54) is 10.9 Å². The average Bonchev–Trinajstić information content (AvgIpc) is 3.09. The van der Waals surface area contributed by atoms with Gasteiger partial charge in [0, 0.05) is 5.69 Å². The van der Waals surface area contributed by atoms with Crippen LogP contribution in [0.15, 0.2) is 39.9 Å². The molecule has 2 aromatic heterocycles. The number of fused-ring (bicyclic) bond motifs is 1. The van der Waals surface area contributed by atoms with E-state index < -0.39 is 17.6 Å². The van der Waals surface area contributed by atoms with Crippen molar-refractivity contribution in [1.29, 1.82) is 0 Å². The van der Waals surface area contributed by atoms with Crippen LogP contribution in [0.4, 0.5) is 5.69 Å². The molecule has 1 amide bonds. The molecule has 0 bridgehead atoms. The molecule has 28 heavy (non-hydrogen) atoms. The maximum absolute atomic E-state index is 13.0. The Kier molecular flexibility index (Phi) is 5.53. The first-order valence-electron chi connectivity index (χ1n) is 8.87. The van der Waals surface area contributed by atoms with E-state index in [0.29, 0.717) is 12.1 Å². The Labute approximate surface area is 160 Å². The Morgan fingerprint density at radius 1 is 1.32 bits per heavy atom. The third-order valence-corrected chi connectivity index (χ3v) is 4.20. The fraction of sp³-hybridized carbons (Fsp3) is 0.316. The quantitative estimate of drug-likeness (QED) is 0.649. The highest BCUT2D eigenvalue weighted by Crippen LogP contribution is 2.18. The second-order valence-corrected chi connectivity index (χ2v) is 6.17. The Morgan fingerprint density at radius 3 is 2.79 bits per heavy atom. The molecule has 0 aliphatic rings. The molecule has 1 aromatic carbocycles. The predicted octanol–water partition coefficient (Wildman–Crippen LogP) is 2.46. The van der Waals surface area contributed by atoms with Crippen LogP contribution in [-0.2, 0) is 9.53 Å². The molecular formula is C19H20N4O5. The van der Waals surface area contributed by atoms with Gasteiger partial charge in [0.25, 0.3) is 11.3 Å². The van der Waals surface area contributed by atoms with Gasteiger partial charge in [0.1, 0.15) is 17.8 Å². The van der Waals surface area contributed by atoms with Gasteiger partial charge in [-0.25, -0.2) is 9.78 Å². The monoisotopic (exact) mass is 384 g/mol. The summed E-state index contributed by atoms with van der Waals surface area (Å²) < 4.78 is 11.0. The molecule has 1 N–H and O–H groups in total. The Bertz CT molecular complexity index is 1090. The van der Waals surface area contributed by atoms with Crippen molar-refractivity contribution in [2.45, 2.75) is 33.2 Å². The van der Waals surface area contributed by atoms with Gasteiger partial charge in [-0.2, -0.15) is 0 Å². The molecule has 0 radical (unpaired) electrons. The number of rotatable bonds is 6. The molecule has 2 heterocycles. The van der Waals surface area contributed by atoms with Crippen LogP contribution in [0, 0.1) is 6.92 Å². The summed E-state index contributed by atoms with van der Waals surface area (Å²) in [6, 6.07) is 6.51. The zero-order valence-electron chi connectivity index (χ0n) is 15.8. The van der Waals surface area contributed by atoms with Crippen molar-refractivity contribution in [1.82, 2.24) is 14.7 Å². The molecule has 1 atom stereocenters. The maximum atomic E-state index is 13.0. The van der Waals surface area contributed by atoms with Crippen LogP contribution in [0.5, 0.6) is 0 Å². The minimum Gasteiger partial charge on any atom is -0.461 e. The molecule has 0 fully saturated rings. The van der Waals surface area contributed by atoms with Gasteiger partial charge in [0.15, 0.2) is 0 Å². The molecule has 0 unspecified atom stereocenters. The molecule has 9 heteroatoms. The number of aryl methyl sites for hydroxylation is 1. The van der Waals surface area contributed by atoms with E-state index in [9.17, 15) is 14.4 Å². The van der Waals surface area contributed by atoms with E-state index in [-0.39, 0.29) is 29.3 Å². The summed E-state index contributed by atoms with van der Waals surface area (Å²) in [5.41, 5.74) is 0.689. The molecule has 0 saturated carbocycles. The van der Waals surface area contributed by atoms with E-state index in [1.807, 2.05) is 25.1 Å². The van der Waals surface area contributed by atoms with Crippen molar-refractivity contribution in [2.24, 2.45) is 0 Å². The fourth-order valence-electron chi connectivity index (χ4n) is 2.88. The third-order valence-electron chi connectivity index (χ3n) is 4.20. The van der Waals surface area contributed by atoms with Crippen molar-refractivity contribution in [3.63, 3.8) is 0 Å². The van der Waals surface area contributed by atoms with Gasteiger partial charge in [-0.15, -0.1) is 0 Å². The normalized spacial score (nSPS) is 12.0. The first-order chi connectivity index (χ1) is 13.5. The van der Waals surface area contributed by atoms with Crippen molar-refractivity contribution in [3.8, 4) is 0 Å². The number of ether oxygens (including phenoxy) is 1. The topological polar surface area (TPSA) is 116 Å². The lowest BCUT2D eigenvalue weighted by atomic mass is 10.1. The first kappa shape index (κ1) is 19.3. The zero-order chi connectivity index (χ0) is 20.3. The van der Waals surface area contributed by atoms with Crippen molar-refractivity contribution >= 4 is 28.7 Å². The predicted molar refractivity (Wildman–Crippen MR) is 101 cm³/mol. The van der Waals surface area contributed by atoms with Gasteiger partial charge in [-0.3, -0.25) is 14.2 Å². The van der Waals surface area contributed by atoms with E-state index in [2.05, 4.69) is 15.5 Å². The number of anilines is 1. The minimum absolute atomic E-state index is 0.0850. The molecule has 146 valence electrons. The van der Waals surface area contributed by atoms with Crippen molar-refractivity contribution in [2.75, 3.05) is 11.9 Å². The highest BCUT2D eigenvalue weighted by Gasteiger charge is 2.26. The number of hydrogen-bond acceptors (Lipinski definition) is 7. The van der Waals surface area contributed by atoms with Crippen LogP contribution in [0.1, 0.15) is 42.4 Å². The lowest BCUT2D eigenvalue weighted by molar-refractivity contribution is -0.119. The number of amides is 1. The van der Waals surface area contributed by atoms with Crippen LogP contribution in [0.2, 0.25) is 0 Å². The van der Waals surface area contributed by atoms with Crippen LogP contribution in [0.3, 0.4) is 0 Å². The van der Waals surface area contributed by atoms with Gasteiger partial charge >= 0.3 is 5.97 Å². The van der Waals surface area contributed by atoms with Crippen molar-refractivity contribution in [3.05, 3.63) is 52.2 Å². The second kappa shape index (κ2) is 8.03. The van der Waals surface area contributed by atoms with Gasteiger partial charge in [-0.05, 0) is 38.0 Å². The number of hydrogen-bond donors (Lipinski definition) is 1. The van der Waals surface area contributed by atoms with Crippen LogP contribution in [-0.4, -0.2) is 33.2 Å². The molecule has 9 nitrogen and oxygen atoms in total. The summed E-state index contributed by atoms with van der Waals surface area (Å²) >= 11 is 0.